The molecule has 2 aromatic carbocycles. The van der Waals surface area contributed by atoms with E-state index < -0.39 is 29.7 Å². The third-order valence-corrected chi connectivity index (χ3v) is 9.54. The molecule has 1 atom stereocenters. The maximum Gasteiger partial charge on any atom is 0.391 e. The number of ether oxygens (including phenoxy) is 2. The van der Waals surface area contributed by atoms with Crippen molar-refractivity contribution >= 4 is 39.0 Å². The van der Waals surface area contributed by atoms with Gasteiger partial charge in [0, 0.05) is 16.8 Å². The molecule has 39 heavy (non-hydrogen) atoms. The molecule has 3 rings (SSSR count). The Balaban J connectivity index is 1.76. The average molecular weight is 601 g/mol. The second kappa shape index (κ2) is 14.0. The number of unbranched alkanes of at least 4 members (excludes halogenated alkanes) is 2. The molecule has 0 radical (unpaired) electrons. The summed E-state index contributed by atoms with van der Waals surface area (Å²) < 4.78 is 71.3. The number of rotatable bonds is 16. The minimum absolute atomic E-state index is 0.101. The Morgan fingerprint density at radius 1 is 1.03 bits per heavy atom. The van der Waals surface area contributed by atoms with Crippen molar-refractivity contribution in [2.24, 2.45) is 11.5 Å². The molecule has 11 nitrogen and oxygen atoms in total. The molecule has 15 heteroatoms. The van der Waals surface area contributed by atoms with Gasteiger partial charge in [-0.05, 0) is 68.4 Å². The second-order valence-corrected chi connectivity index (χ2v) is 13.2. The Morgan fingerprint density at radius 2 is 1.67 bits per heavy atom. The van der Waals surface area contributed by atoms with Crippen LogP contribution in [0.1, 0.15) is 31.2 Å². The van der Waals surface area contributed by atoms with E-state index in [1.54, 1.807) is 18.2 Å². The molecule has 1 heterocycles. The predicted octanol–water partition coefficient (Wildman–Crippen LogP) is 3.65. The molecule has 0 aliphatic carbocycles. The molecule has 0 fully saturated rings. The molecule has 0 amide bonds. The maximum absolute atomic E-state index is 13.8. The van der Waals surface area contributed by atoms with Gasteiger partial charge in [-0.3, -0.25) is 0 Å². The third kappa shape index (κ3) is 8.87. The molecule has 0 aliphatic heterocycles. The molecule has 1 aromatic heterocycles. The fraction of sp³-hybridized carbons (Fsp3) is 0.375. The van der Waals surface area contributed by atoms with Crippen LogP contribution in [0.4, 0.5) is 4.39 Å². The first-order chi connectivity index (χ1) is 18.6. The van der Waals surface area contributed by atoms with Crippen LogP contribution < -0.4 is 30.2 Å². The molecule has 3 aromatic rings. The van der Waals surface area contributed by atoms with Gasteiger partial charge in [0.1, 0.15) is 28.1 Å². The summed E-state index contributed by atoms with van der Waals surface area (Å²) in [6.07, 6.45) is 2.11. The van der Waals surface area contributed by atoms with Gasteiger partial charge in [0.2, 0.25) is 0 Å². The van der Waals surface area contributed by atoms with Crippen LogP contribution in [0.3, 0.4) is 0 Å². The number of nitriles is 1. The summed E-state index contributed by atoms with van der Waals surface area (Å²) in [7, 11) is -8.77. The predicted molar refractivity (Wildman–Crippen MR) is 146 cm³/mol. The number of sulfonamides is 1. The van der Waals surface area contributed by atoms with Crippen LogP contribution in [0.25, 0.3) is 10.1 Å². The number of benzene rings is 2. The molecule has 1 unspecified atom stereocenters. The summed E-state index contributed by atoms with van der Waals surface area (Å²) >= 11 is 0.948. The lowest BCUT2D eigenvalue weighted by Crippen LogP contribution is -2.25. The quantitative estimate of drug-likeness (QED) is 0.140. The van der Waals surface area contributed by atoms with E-state index in [1.807, 2.05) is 0 Å². The molecule has 0 aliphatic rings. The molecular weight excluding hydrogens is 570 g/mol. The topological polar surface area (TPSA) is 187 Å². The largest absolute Gasteiger partial charge is 0.490 e. The first kappa shape index (κ1) is 30.8. The van der Waals surface area contributed by atoms with Gasteiger partial charge < -0.3 is 30.4 Å². The van der Waals surface area contributed by atoms with Crippen molar-refractivity contribution in [3.63, 3.8) is 0 Å². The van der Waals surface area contributed by atoms with E-state index in [-0.39, 0.29) is 15.5 Å². The van der Waals surface area contributed by atoms with Crippen molar-refractivity contribution in [2.75, 3.05) is 32.6 Å². The van der Waals surface area contributed by atoms with E-state index in [1.165, 1.54) is 6.07 Å². The van der Waals surface area contributed by atoms with Crippen LogP contribution in [0.15, 0.2) is 40.6 Å². The van der Waals surface area contributed by atoms with Gasteiger partial charge in [-0.1, -0.05) is 0 Å². The lowest BCUT2D eigenvalue weighted by atomic mass is 10.2. The van der Waals surface area contributed by atoms with Crippen LogP contribution in [0.5, 0.6) is 17.2 Å². The fourth-order valence-corrected chi connectivity index (χ4v) is 7.27. The summed E-state index contributed by atoms with van der Waals surface area (Å²) in [4.78, 5) is 10.1. The van der Waals surface area contributed by atoms with Gasteiger partial charge in [-0.2, -0.15) is 9.98 Å². The molecule has 0 saturated heterocycles. The van der Waals surface area contributed by atoms with Crippen molar-refractivity contribution in [1.82, 2.24) is 4.72 Å². The van der Waals surface area contributed by atoms with Gasteiger partial charge in [-0.25, -0.2) is 17.4 Å². The smallest absolute Gasteiger partial charge is 0.391 e. The monoisotopic (exact) mass is 600 g/mol. The normalized spacial score (nSPS) is 13.1. The number of nitrogens with one attached hydrogen (secondary N) is 1. The van der Waals surface area contributed by atoms with E-state index >= 15 is 0 Å². The van der Waals surface area contributed by atoms with Gasteiger partial charge in [0.15, 0.2) is 11.5 Å². The number of hydrogen-bond acceptors (Lipinski definition) is 10. The Hall–Kier alpha value is -2.76. The van der Waals surface area contributed by atoms with Crippen LogP contribution in [-0.2, 0) is 14.6 Å². The number of nitrogens with zero attached hydrogens (tertiary/aromatic N) is 1. The lowest BCUT2D eigenvalue weighted by molar-refractivity contribution is 0.261. The molecule has 212 valence electrons. The second-order valence-electron chi connectivity index (χ2n) is 8.38. The van der Waals surface area contributed by atoms with Gasteiger partial charge in [0.05, 0.1) is 18.8 Å². The van der Waals surface area contributed by atoms with E-state index in [0.717, 1.165) is 55.2 Å². The van der Waals surface area contributed by atoms with Crippen molar-refractivity contribution in [3.8, 4) is 23.3 Å². The standard InChI is InChI=1S/C24H30FN4O7PS2/c25-20-13-19(6-5-17(20)15-28)36-37(30,31)16-29-39(32,33)24-12-18-11-21(34-9-3-1-7-26)22(14-23(18)38-24)35-10-4-2-8-27/h5-6,11-14,29H,1-4,7-10,16,26-27H2,(H,30,31). The summed E-state index contributed by atoms with van der Waals surface area (Å²) in [5.74, 6) is -0.332. The SMILES string of the molecule is N#Cc1ccc(OP(=O)(O)CNS(=O)(=O)c2cc3cc(OCCCCN)c(OCCCCN)cc3s2)cc1F. The summed E-state index contributed by atoms with van der Waals surface area (Å²) in [5, 5.41) is 9.37. The highest BCUT2D eigenvalue weighted by atomic mass is 32.2. The zero-order valence-electron chi connectivity index (χ0n) is 21.0. The first-order valence-electron chi connectivity index (χ1n) is 12.0. The number of nitrogens with two attached hydrogens (primary N) is 2. The number of thiophene rings is 1. The molecular formula is C24H30FN4O7PS2. The highest BCUT2D eigenvalue weighted by molar-refractivity contribution is 7.92. The Labute approximate surface area is 230 Å². The fourth-order valence-electron chi connectivity index (χ4n) is 3.32. The van der Waals surface area contributed by atoms with E-state index in [9.17, 15) is 22.3 Å². The van der Waals surface area contributed by atoms with Crippen molar-refractivity contribution in [1.29, 1.82) is 5.26 Å². The highest BCUT2D eigenvalue weighted by Gasteiger charge is 2.27. The van der Waals surface area contributed by atoms with Crippen LogP contribution >= 0.6 is 18.9 Å². The molecule has 0 bridgehead atoms. The van der Waals surface area contributed by atoms with Crippen LogP contribution in [0, 0.1) is 17.1 Å². The Bertz CT molecular complexity index is 1430. The maximum atomic E-state index is 13.8. The van der Waals surface area contributed by atoms with Crippen molar-refractivity contribution < 1.29 is 36.3 Å². The summed E-state index contributed by atoms with van der Waals surface area (Å²) in [6, 6.07) is 9.41. The minimum atomic E-state index is -4.55. The number of hydrogen-bond donors (Lipinski definition) is 4. The first-order valence-corrected chi connectivity index (χ1v) is 16.1. The number of halogens is 1. The van der Waals surface area contributed by atoms with E-state index in [2.05, 4.69) is 4.72 Å². The van der Waals surface area contributed by atoms with Gasteiger partial charge in [-0.15, -0.1) is 11.3 Å². The summed E-state index contributed by atoms with van der Waals surface area (Å²) in [6.45, 7) is 1.91. The van der Waals surface area contributed by atoms with Gasteiger partial charge >= 0.3 is 7.60 Å². The zero-order valence-corrected chi connectivity index (χ0v) is 23.5. The highest BCUT2D eigenvalue weighted by Crippen LogP contribution is 2.43. The zero-order chi connectivity index (χ0) is 28.5. The third-order valence-electron chi connectivity index (χ3n) is 5.30. The Kier molecular flexibility index (Phi) is 11.1. The van der Waals surface area contributed by atoms with Crippen LogP contribution in [0.2, 0.25) is 0 Å². The van der Waals surface area contributed by atoms with E-state index in [4.69, 9.17) is 30.7 Å². The number of fused-ring (bicyclic) bond motifs is 1. The molecule has 6 N–H and O–H groups in total. The molecule has 0 saturated carbocycles. The Morgan fingerprint density at radius 3 is 2.26 bits per heavy atom. The molecule has 0 spiro atoms. The average Bonchev–Trinajstić information content (AvgIpc) is 3.32. The summed E-state index contributed by atoms with van der Waals surface area (Å²) in [5.41, 5.74) is 10.8. The lowest BCUT2D eigenvalue weighted by Gasteiger charge is -2.14. The van der Waals surface area contributed by atoms with Gasteiger partial charge in [0.25, 0.3) is 10.0 Å². The van der Waals surface area contributed by atoms with Crippen molar-refractivity contribution in [2.45, 2.75) is 29.9 Å². The van der Waals surface area contributed by atoms with Crippen molar-refractivity contribution in [3.05, 3.63) is 47.8 Å². The van der Waals surface area contributed by atoms with Crippen LogP contribution in [-0.4, -0.2) is 45.9 Å². The van der Waals surface area contributed by atoms with E-state index in [0.29, 0.717) is 47.9 Å². The minimum Gasteiger partial charge on any atom is -0.490 e.